The summed E-state index contributed by atoms with van der Waals surface area (Å²) in [6, 6.07) is 5.61. The van der Waals surface area contributed by atoms with Gasteiger partial charge in [-0.25, -0.2) is 9.97 Å². The Balaban J connectivity index is 2.25. The van der Waals surface area contributed by atoms with Crippen molar-refractivity contribution in [3.05, 3.63) is 34.5 Å². The van der Waals surface area contributed by atoms with Crippen LogP contribution in [-0.4, -0.2) is 9.97 Å². The molecule has 0 aliphatic rings. The Morgan fingerprint density at radius 1 is 1.26 bits per heavy atom. The summed E-state index contributed by atoms with van der Waals surface area (Å²) in [5, 5.41) is 14.9. The minimum absolute atomic E-state index is 0.0360. The first-order valence-electron chi connectivity index (χ1n) is 6.00. The molecule has 0 spiro atoms. The van der Waals surface area contributed by atoms with E-state index < -0.39 is 0 Å². The second-order valence-corrected chi connectivity index (χ2v) is 6.27. The number of hydrogen-bond acceptors (Lipinski definition) is 5. The highest BCUT2D eigenvalue weighted by molar-refractivity contribution is 7.13. The van der Waals surface area contributed by atoms with Crippen molar-refractivity contribution in [1.82, 2.24) is 9.97 Å². The molecule has 98 valence electrons. The quantitative estimate of drug-likeness (QED) is 0.904. The van der Waals surface area contributed by atoms with Crippen molar-refractivity contribution in [2.75, 3.05) is 5.32 Å². The van der Waals surface area contributed by atoms with Gasteiger partial charge in [-0.05, 0) is 19.1 Å². The van der Waals surface area contributed by atoms with Crippen LogP contribution in [0.15, 0.2) is 17.5 Å². The van der Waals surface area contributed by atoms with Gasteiger partial charge in [0.2, 0.25) is 0 Å². The standard InChI is InChI=1S/C14H16N4S/c1-9-5-10(7-15)6-12(16-9)18-13-17-11(8-19-13)14(2,3)4/h5-6,8H,1-4H3,(H,16,17,18). The van der Waals surface area contributed by atoms with Crippen LogP contribution in [0.4, 0.5) is 10.9 Å². The van der Waals surface area contributed by atoms with Crippen molar-refractivity contribution < 1.29 is 0 Å². The predicted octanol–water partition coefficient (Wildman–Crippen LogP) is 3.76. The lowest BCUT2D eigenvalue weighted by Crippen LogP contribution is -2.11. The third-order valence-electron chi connectivity index (χ3n) is 2.59. The molecule has 19 heavy (non-hydrogen) atoms. The number of nitrogens with one attached hydrogen (secondary N) is 1. The van der Waals surface area contributed by atoms with Gasteiger partial charge in [-0.2, -0.15) is 5.26 Å². The van der Waals surface area contributed by atoms with E-state index >= 15 is 0 Å². The summed E-state index contributed by atoms with van der Waals surface area (Å²) in [5.41, 5.74) is 2.50. The van der Waals surface area contributed by atoms with Gasteiger partial charge in [0.05, 0.1) is 17.3 Å². The number of pyridine rings is 1. The molecular formula is C14H16N4S. The Kier molecular flexibility index (Phi) is 3.54. The molecule has 0 unspecified atom stereocenters. The fraction of sp³-hybridized carbons (Fsp3) is 0.357. The topological polar surface area (TPSA) is 61.6 Å². The average Bonchev–Trinajstić information content (AvgIpc) is 2.76. The lowest BCUT2D eigenvalue weighted by atomic mass is 9.93. The maximum Gasteiger partial charge on any atom is 0.188 e. The Hall–Kier alpha value is -1.93. The van der Waals surface area contributed by atoms with Gasteiger partial charge < -0.3 is 5.32 Å². The molecule has 0 fully saturated rings. The van der Waals surface area contributed by atoms with Crippen molar-refractivity contribution in [1.29, 1.82) is 5.26 Å². The third-order valence-corrected chi connectivity index (χ3v) is 3.35. The molecule has 0 saturated carbocycles. The number of nitrogens with zero attached hydrogens (tertiary/aromatic N) is 3. The largest absolute Gasteiger partial charge is 0.316 e. The number of nitriles is 1. The maximum atomic E-state index is 8.94. The van der Waals surface area contributed by atoms with Crippen LogP contribution in [0.2, 0.25) is 0 Å². The molecule has 0 bridgehead atoms. The van der Waals surface area contributed by atoms with E-state index in [0.29, 0.717) is 11.4 Å². The van der Waals surface area contributed by atoms with E-state index in [9.17, 15) is 0 Å². The molecule has 0 aliphatic heterocycles. The molecule has 2 aromatic rings. The van der Waals surface area contributed by atoms with Crippen LogP contribution in [0, 0.1) is 18.3 Å². The smallest absolute Gasteiger partial charge is 0.188 e. The third kappa shape index (κ3) is 3.30. The summed E-state index contributed by atoms with van der Waals surface area (Å²) in [6.45, 7) is 8.26. The fourth-order valence-electron chi connectivity index (χ4n) is 1.58. The summed E-state index contributed by atoms with van der Waals surface area (Å²) >= 11 is 1.55. The van der Waals surface area contributed by atoms with Crippen LogP contribution in [0.3, 0.4) is 0 Å². The van der Waals surface area contributed by atoms with Gasteiger partial charge in [0.1, 0.15) is 5.82 Å². The molecule has 0 saturated heterocycles. The summed E-state index contributed by atoms with van der Waals surface area (Å²) in [6.07, 6.45) is 0. The summed E-state index contributed by atoms with van der Waals surface area (Å²) in [7, 11) is 0. The number of aryl methyl sites for hydroxylation is 1. The minimum Gasteiger partial charge on any atom is -0.316 e. The molecule has 2 aromatic heterocycles. The molecule has 2 heterocycles. The van der Waals surface area contributed by atoms with E-state index in [1.807, 2.05) is 12.3 Å². The predicted molar refractivity (Wildman–Crippen MR) is 77.8 cm³/mol. The van der Waals surface area contributed by atoms with Gasteiger partial charge in [-0.3, -0.25) is 0 Å². The number of rotatable bonds is 2. The van der Waals surface area contributed by atoms with Crippen LogP contribution in [0.5, 0.6) is 0 Å². The molecule has 1 N–H and O–H groups in total. The minimum atomic E-state index is 0.0360. The van der Waals surface area contributed by atoms with Crippen molar-refractivity contribution in [3.63, 3.8) is 0 Å². The van der Waals surface area contributed by atoms with Crippen molar-refractivity contribution in [3.8, 4) is 6.07 Å². The van der Waals surface area contributed by atoms with Crippen molar-refractivity contribution in [2.45, 2.75) is 33.1 Å². The number of aromatic nitrogens is 2. The first-order valence-corrected chi connectivity index (χ1v) is 6.88. The van der Waals surface area contributed by atoms with E-state index in [-0.39, 0.29) is 5.41 Å². The molecule has 5 heteroatoms. The summed E-state index contributed by atoms with van der Waals surface area (Å²) in [5.74, 6) is 0.659. The van der Waals surface area contributed by atoms with E-state index in [1.165, 1.54) is 0 Å². The molecular weight excluding hydrogens is 256 g/mol. The first-order chi connectivity index (χ1) is 8.88. The zero-order chi connectivity index (χ0) is 14.0. The molecule has 0 aliphatic carbocycles. The first kappa shape index (κ1) is 13.5. The Morgan fingerprint density at radius 3 is 2.58 bits per heavy atom. The van der Waals surface area contributed by atoms with E-state index in [1.54, 1.807) is 23.5 Å². The highest BCUT2D eigenvalue weighted by atomic mass is 32.1. The van der Waals surface area contributed by atoms with Crippen LogP contribution in [-0.2, 0) is 5.41 Å². The Morgan fingerprint density at radius 2 is 2.00 bits per heavy atom. The van der Waals surface area contributed by atoms with Gasteiger partial charge in [-0.15, -0.1) is 11.3 Å². The van der Waals surface area contributed by atoms with Crippen LogP contribution in [0.1, 0.15) is 37.7 Å². The number of hydrogen-bond donors (Lipinski definition) is 1. The van der Waals surface area contributed by atoms with E-state index in [0.717, 1.165) is 16.5 Å². The zero-order valence-corrected chi connectivity index (χ0v) is 12.3. The van der Waals surface area contributed by atoms with E-state index in [2.05, 4.69) is 42.1 Å². The maximum absolute atomic E-state index is 8.94. The molecule has 0 radical (unpaired) electrons. The van der Waals surface area contributed by atoms with E-state index in [4.69, 9.17) is 5.26 Å². The number of anilines is 2. The molecule has 2 rings (SSSR count). The average molecular weight is 272 g/mol. The van der Waals surface area contributed by atoms with Crippen LogP contribution >= 0.6 is 11.3 Å². The Bertz CT molecular complexity index is 632. The Labute approximate surface area is 117 Å². The van der Waals surface area contributed by atoms with Crippen molar-refractivity contribution in [2.24, 2.45) is 0 Å². The SMILES string of the molecule is Cc1cc(C#N)cc(Nc2nc(C(C)(C)C)cs2)n1. The van der Waals surface area contributed by atoms with Gasteiger partial charge in [-0.1, -0.05) is 20.8 Å². The molecule has 4 nitrogen and oxygen atoms in total. The van der Waals surface area contributed by atoms with Gasteiger partial charge in [0, 0.05) is 16.5 Å². The van der Waals surface area contributed by atoms with Gasteiger partial charge in [0.25, 0.3) is 0 Å². The number of thiazole rings is 1. The zero-order valence-electron chi connectivity index (χ0n) is 11.5. The second-order valence-electron chi connectivity index (χ2n) is 5.41. The second kappa shape index (κ2) is 4.98. The van der Waals surface area contributed by atoms with Crippen LogP contribution in [0.25, 0.3) is 0 Å². The lowest BCUT2D eigenvalue weighted by molar-refractivity contribution is 0.573. The van der Waals surface area contributed by atoms with Gasteiger partial charge >= 0.3 is 0 Å². The lowest BCUT2D eigenvalue weighted by Gasteiger charge is -2.14. The summed E-state index contributed by atoms with van der Waals surface area (Å²) in [4.78, 5) is 8.90. The fourth-order valence-corrected chi connectivity index (χ4v) is 2.53. The highest BCUT2D eigenvalue weighted by Crippen LogP contribution is 2.28. The highest BCUT2D eigenvalue weighted by Gasteiger charge is 2.17. The molecule has 0 aromatic carbocycles. The molecule has 0 amide bonds. The monoisotopic (exact) mass is 272 g/mol. The summed E-state index contributed by atoms with van der Waals surface area (Å²) < 4.78 is 0. The van der Waals surface area contributed by atoms with Crippen molar-refractivity contribution >= 4 is 22.3 Å². The van der Waals surface area contributed by atoms with Gasteiger partial charge in [0.15, 0.2) is 5.13 Å². The molecule has 0 atom stereocenters. The normalized spacial score (nSPS) is 11.1. The van der Waals surface area contributed by atoms with Crippen LogP contribution < -0.4 is 5.32 Å².